The maximum absolute atomic E-state index is 11.1. The van der Waals surface area contributed by atoms with Crippen molar-refractivity contribution in [3.8, 4) is 78.6 Å². The van der Waals surface area contributed by atoms with Gasteiger partial charge in [-0.1, -0.05) is 169 Å². The van der Waals surface area contributed by atoms with Gasteiger partial charge in [-0.25, -0.2) is 4.98 Å². The molecule has 0 saturated heterocycles. The van der Waals surface area contributed by atoms with Gasteiger partial charge in [0.1, 0.15) is 5.75 Å². The van der Waals surface area contributed by atoms with E-state index in [9.17, 15) is 5.11 Å². The highest BCUT2D eigenvalue weighted by Crippen LogP contribution is 2.41. The summed E-state index contributed by atoms with van der Waals surface area (Å²) in [6.45, 7) is 13.6. The van der Waals surface area contributed by atoms with Crippen molar-refractivity contribution in [3.63, 3.8) is 0 Å². The zero-order valence-electron chi connectivity index (χ0n) is 37.3. The quantitative estimate of drug-likeness (QED) is 0.174. The predicted molar refractivity (Wildman–Crippen MR) is 268 cm³/mol. The summed E-state index contributed by atoms with van der Waals surface area (Å²) >= 11 is 0. The number of pyridine rings is 2. The monoisotopic (exact) mass is 829 g/mol. The molecule has 4 nitrogen and oxygen atoms in total. The molecule has 1 N–H and O–H groups in total. The number of aromatic nitrogens is 3. The molecule has 0 radical (unpaired) electrons. The summed E-state index contributed by atoms with van der Waals surface area (Å²) in [5, 5.41) is 13.5. The number of hydrogen-bond acceptors (Lipinski definition) is 3. The zero-order chi connectivity index (χ0) is 44.2. The molecule has 3 heterocycles. The largest absolute Gasteiger partial charge is 0.507 e. The Morgan fingerprint density at radius 1 is 0.406 bits per heavy atom. The van der Waals surface area contributed by atoms with Crippen molar-refractivity contribution < 1.29 is 5.11 Å². The van der Waals surface area contributed by atoms with Crippen molar-refractivity contribution in [1.29, 1.82) is 0 Å². The average molecular weight is 830 g/mol. The smallest absolute Gasteiger partial charge is 0.124 e. The second-order valence-electron chi connectivity index (χ2n) is 18.9. The van der Waals surface area contributed by atoms with Gasteiger partial charge in [0, 0.05) is 44.9 Å². The van der Waals surface area contributed by atoms with Crippen molar-refractivity contribution in [1.82, 2.24) is 14.5 Å². The van der Waals surface area contributed by atoms with Crippen LogP contribution in [0.5, 0.6) is 5.75 Å². The van der Waals surface area contributed by atoms with E-state index in [1.807, 2.05) is 24.4 Å². The fourth-order valence-corrected chi connectivity index (χ4v) is 8.90. The number of benzene rings is 7. The van der Waals surface area contributed by atoms with E-state index in [2.05, 4.69) is 210 Å². The van der Waals surface area contributed by atoms with Gasteiger partial charge < -0.3 is 9.67 Å². The molecule has 0 aliphatic carbocycles. The van der Waals surface area contributed by atoms with E-state index in [-0.39, 0.29) is 16.6 Å². The van der Waals surface area contributed by atoms with Crippen LogP contribution in [0.15, 0.2) is 194 Å². The van der Waals surface area contributed by atoms with Crippen molar-refractivity contribution >= 4 is 21.8 Å². The summed E-state index contributed by atoms with van der Waals surface area (Å²) in [6, 6.07) is 66.3. The number of phenolic OH excluding ortho intramolecular Hbond substituents is 1. The van der Waals surface area contributed by atoms with Gasteiger partial charge >= 0.3 is 0 Å². The maximum atomic E-state index is 11.1. The lowest BCUT2D eigenvalue weighted by molar-refractivity contribution is 0.477. The Morgan fingerprint density at radius 3 is 1.75 bits per heavy atom. The van der Waals surface area contributed by atoms with E-state index >= 15 is 0 Å². The van der Waals surface area contributed by atoms with Gasteiger partial charge in [0.05, 0.1) is 28.1 Å². The van der Waals surface area contributed by atoms with Gasteiger partial charge in [-0.2, -0.15) is 0 Å². The normalized spacial score (nSPS) is 12.0. The van der Waals surface area contributed by atoms with Gasteiger partial charge in [0.15, 0.2) is 0 Å². The van der Waals surface area contributed by atoms with Crippen LogP contribution in [-0.4, -0.2) is 19.6 Å². The Kier molecular flexibility index (Phi) is 10.1. The number of nitrogens with zero attached hydrogens (tertiary/aromatic N) is 3. The van der Waals surface area contributed by atoms with Crippen LogP contribution in [-0.2, 0) is 10.8 Å². The Morgan fingerprint density at radius 2 is 0.984 bits per heavy atom. The first-order valence-electron chi connectivity index (χ1n) is 22.1. The van der Waals surface area contributed by atoms with E-state index in [1.54, 1.807) is 6.07 Å². The molecule has 312 valence electrons. The fraction of sp³-hybridized carbons (Fsp3) is 0.133. The Bertz CT molecular complexity index is 3330. The molecule has 0 saturated carbocycles. The third-order valence-corrected chi connectivity index (χ3v) is 12.4. The minimum absolute atomic E-state index is 0.0438. The van der Waals surface area contributed by atoms with Crippen LogP contribution >= 0.6 is 0 Å². The molecule has 7 aromatic carbocycles. The lowest BCUT2D eigenvalue weighted by Crippen LogP contribution is -2.16. The van der Waals surface area contributed by atoms with Gasteiger partial charge in [-0.3, -0.25) is 4.98 Å². The van der Waals surface area contributed by atoms with Crippen LogP contribution in [0, 0.1) is 0 Å². The summed E-state index contributed by atoms with van der Waals surface area (Å²) < 4.78 is 2.41. The topological polar surface area (TPSA) is 50.9 Å². The molecule has 0 aliphatic heterocycles. The van der Waals surface area contributed by atoms with Crippen LogP contribution in [0.2, 0.25) is 0 Å². The molecule has 4 heteroatoms. The molecule has 0 bridgehead atoms. The minimum Gasteiger partial charge on any atom is -0.507 e. The summed E-state index contributed by atoms with van der Waals surface area (Å²) in [5.41, 5.74) is 17.7. The summed E-state index contributed by atoms with van der Waals surface area (Å²) in [7, 11) is 0. The molecule has 64 heavy (non-hydrogen) atoms. The lowest BCUT2D eigenvalue weighted by Gasteiger charge is -2.26. The molecule has 0 unspecified atom stereocenters. The molecule has 3 aromatic heterocycles. The lowest BCUT2D eigenvalue weighted by atomic mass is 9.79. The minimum atomic E-state index is -0.0438. The van der Waals surface area contributed by atoms with Crippen LogP contribution in [0.3, 0.4) is 0 Å². The number of rotatable bonds is 7. The summed E-state index contributed by atoms with van der Waals surface area (Å²) in [6.07, 6.45) is 1.92. The molecule has 10 aromatic rings. The molecule has 0 fully saturated rings. The number of fused-ring (bicyclic) bond motifs is 3. The second-order valence-corrected chi connectivity index (χ2v) is 18.9. The third-order valence-electron chi connectivity index (χ3n) is 12.4. The van der Waals surface area contributed by atoms with Crippen LogP contribution < -0.4 is 0 Å². The van der Waals surface area contributed by atoms with Crippen LogP contribution in [0.4, 0.5) is 0 Å². The Labute approximate surface area is 376 Å². The van der Waals surface area contributed by atoms with E-state index in [4.69, 9.17) is 9.97 Å². The Balaban J connectivity index is 1.10. The van der Waals surface area contributed by atoms with E-state index in [1.165, 1.54) is 33.0 Å². The van der Waals surface area contributed by atoms with Gasteiger partial charge in [-0.15, -0.1) is 0 Å². The zero-order valence-corrected chi connectivity index (χ0v) is 37.3. The van der Waals surface area contributed by atoms with Crippen LogP contribution in [0.1, 0.15) is 52.7 Å². The van der Waals surface area contributed by atoms with E-state index in [0.717, 1.165) is 61.5 Å². The summed E-state index contributed by atoms with van der Waals surface area (Å²) in [5.74, 6) is 0.199. The Hall–Kier alpha value is -7.56. The number of phenols is 1. The first kappa shape index (κ1) is 40.5. The molecule has 0 atom stereocenters. The highest BCUT2D eigenvalue weighted by molar-refractivity contribution is 6.14. The third kappa shape index (κ3) is 7.66. The molecular formula is C60H51N3O. The number of aromatic hydroxyl groups is 1. The van der Waals surface area contributed by atoms with Crippen LogP contribution in [0.25, 0.3) is 94.6 Å². The van der Waals surface area contributed by atoms with Crippen molar-refractivity contribution in [2.45, 2.75) is 52.4 Å². The SMILES string of the molecule is CC(C)(C)c1cc(-c2cc(-c3cccc(-c4cc(-c5cccc6c7ccccc7n(-c7cccc(-c8ccccc8)c7)c56)ccn4)c3)nc(-c3ccccc3O)c2)cc(C(C)(C)C)c1. The first-order chi connectivity index (χ1) is 30.9. The van der Waals surface area contributed by atoms with E-state index < -0.39 is 0 Å². The summed E-state index contributed by atoms with van der Waals surface area (Å²) in [4.78, 5) is 10.2. The molecule has 0 amide bonds. The predicted octanol–water partition coefficient (Wildman–Crippen LogP) is 15.9. The highest BCUT2D eigenvalue weighted by Gasteiger charge is 2.23. The standard InChI is InChI=1S/C60H51N3O/c1-59(2,3)46-32-44(33-47(38-46)60(4,5)6)45-36-54(62-55(37-45)52-24-11-13-28-57(52)64)43-21-14-20-42(31-43)53-35-41(29-30-61-53)49-25-16-26-51-50-23-10-12-27-56(50)63(58(49)51)48-22-15-19-40(34-48)39-17-8-7-9-18-39/h7-38,64H,1-6H3. The molecule has 10 rings (SSSR count). The molecule has 0 aliphatic rings. The highest BCUT2D eigenvalue weighted by atomic mass is 16.3. The van der Waals surface area contributed by atoms with Crippen molar-refractivity contribution in [3.05, 3.63) is 205 Å². The molecular weight excluding hydrogens is 779 g/mol. The first-order valence-corrected chi connectivity index (χ1v) is 22.1. The second kappa shape index (κ2) is 16.0. The van der Waals surface area contributed by atoms with Gasteiger partial charge in [-0.05, 0) is 110 Å². The van der Waals surface area contributed by atoms with E-state index in [0.29, 0.717) is 11.3 Å². The van der Waals surface area contributed by atoms with Crippen molar-refractivity contribution in [2.75, 3.05) is 0 Å². The van der Waals surface area contributed by atoms with Gasteiger partial charge in [0.25, 0.3) is 0 Å². The average Bonchev–Trinajstić information content (AvgIpc) is 3.66. The number of hydrogen-bond donors (Lipinski definition) is 1. The molecule has 0 spiro atoms. The fourth-order valence-electron chi connectivity index (χ4n) is 8.90. The number of para-hydroxylation sites is 3. The van der Waals surface area contributed by atoms with Crippen molar-refractivity contribution in [2.24, 2.45) is 0 Å². The maximum Gasteiger partial charge on any atom is 0.124 e. The van der Waals surface area contributed by atoms with Gasteiger partial charge in [0.2, 0.25) is 0 Å².